The van der Waals surface area contributed by atoms with Crippen LogP contribution >= 0.6 is 0 Å². The van der Waals surface area contributed by atoms with Crippen molar-refractivity contribution in [2.45, 2.75) is 38.8 Å². The van der Waals surface area contributed by atoms with E-state index in [-0.39, 0.29) is 24.5 Å². The maximum atomic E-state index is 11.7. The molecular weight excluding hydrogens is 180 g/mol. The van der Waals surface area contributed by atoms with E-state index < -0.39 is 0 Å². The fourth-order valence-corrected chi connectivity index (χ4v) is 1.78. The summed E-state index contributed by atoms with van der Waals surface area (Å²) in [5.41, 5.74) is 0. The zero-order valence-electron chi connectivity index (χ0n) is 8.92. The van der Waals surface area contributed by atoms with Crippen molar-refractivity contribution in [1.29, 1.82) is 0 Å². The topological polar surface area (TPSA) is 61.4 Å². The smallest absolute Gasteiger partial charge is 0.223 e. The van der Waals surface area contributed by atoms with Crippen LogP contribution in [0.1, 0.15) is 26.7 Å². The van der Waals surface area contributed by atoms with Crippen LogP contribution in [0.15, 0.2) is 0 Å². The lowest BCUT2D eigenvalue weighted by molar-refractivity contribution is -0.127. The fourth-order valence-electron chi connectivity index (χ4n) is 1.78. The van der Waals surface area contributed by atoms with Crippen molar-refractivity contribution in [3.8, 4) is 0 Å². The van der Waals surface area contributed by atoms with Crippen LogP contribution in [0.25, 0.3) is 0 Å². The van der Waals surface area contributed by atoms with Crippen LogP contribution in [0.4, 0.5) is 0 Å². The zero-order valence-corrected chi connectivity index (χ0v) is 8.92. The van der Waals surface area contributed by atoms with Crippen LogP contribution in [0.2, 0.25) is 0 Å². The molecule has 4 nitrogen and oxygen atoms in total. The van der Waals surface area contributed by atoms with Gasteiger partial charge in [-0.05, 0) is 33.2 Å². The molecule has 3 N–H and O–H groups in total. The lowest BCUT2D eigenvalue weighted by Gasteiger charge is -2.27. The van der Waals surface area contributed by atoms with Gasteiger partial charge in [-0.1, -0.05) is 0 Å². The molecule has 0 aliphatic carbocycles. The molecule has 0 spiro atoms. The molecule has 1 aliphatic rings. The first-order valence-corrected chi connectivity index (χ1v) is 5.28. The van der Waals surface area contributed by atoms with Crippen molar-refractivity contribution in [2.24, 2.45) is 5.92 Å². The first kappa shape index (κ1) is 11.5. The summed E-state index contributed by atoms with van der Waals surface area (Å²) in [5, 5.41) is 14.9. The van der Waals surface area contributed by atoms with Crippen LogP contribution in [0, 0.1) is 5.92 Å². The molecule has 1 amide bonds. The number of carbonyl (C=O) groups is 1. The third kappa shape index (κ3) is 3.27. The van der Waals surface area contributed by atoms with Crippen LogP contribution in [0.5, 0.6) is 0 Å². The van der Waals surface area contributed by atoms with E-state index in [0.29, 0.717) is 6.04 Å². The SMILES string of the molecule is CC1CC(C(=O)N[C@H](C)CO)CCN1. The summed E-state index contributed by atoms with van der Waals surface area (Å²) in [6, 6.07) is 0.289. The molecule has 2 unspecified atom stereocenters. The summed E-state index contributed by atoms with van der Waals surface area (Å²) < 4.78 is 0. The molecule has 1 rings (SSSR count). The van der Waals surface area contributed by atoms with Gasteiger partial charge in [-0.3, -0.25) is 4.79 Å². The molecule has 0 aromatic heterocycles. The third-order valence-corrected chi connectivity index (χ3v) is 2.66. The Balaban J connectivity index is 2.36. The molecule has 0 bridgehead atoms. The molecular formula is C10H20N2O2. The van der Waals surface area contributed by atoms with Gasteiger partial charge in [0.05, 0.1) is 6.61 Å². The fraction of sp³-hybridized carbons (Fsp3) is 0.900. The van der Waals surface area contributed by atoms with Gasteiger partial charge in [0, 0.05) is 18.0 Å². The average molecular weight is 200 g/mol. The van der Waals surface area contributed by atoms with E-state index in [1.807, 2.05) is 6.92 Å². The van der Waals surface area contributed by atoms with Gasteiger partial charge < -0.3 is 15.7 Å². The number of nitrogens with one attached hydrogen (secondary N) is 2. The van der Waals surface area contributed by atoms with E-state index in [4.69, 9.17) is 5.11 Å². The van der Waals surface area contributed by atoms with E-state index in [1.165, 1.54) is 0 Å². The Morgan fingerprint density at radius 3 is 3.00 bits per heavy atom. The highest BCUT2D eigenvalue weighted by molar-refractivity contribution is 5.79. The van der Waals surface area contributed by atoms with E-state index >= 15 is 0 Å². The monoisotopic (exact) mass is 200 g/mol. The van der Waals surface area contributed by atoms with Crippen molar-refractivity contribution < 1.29 is 9.90 Å². The first-order valence-electron chi connectivity index (χ1n) is 5.28. The minimum Gasteiger partial charge on any atom is -0.394 e. The van der Waals surface area contributed by atoms with E-state index in [2.05, 4.69) is 17.6 Å². The summed E-state index contributed by atoms with van der Waals surface area (Å²) >= 11 is 0. The van der Waals surface area contributed by atoms with Crippen molar-refractivity contribution in [3.63, 3.8) is 0 Å². The first-order chi connectivity index (χ1) is 6.63. The number of hydrogen-bond donors (Lipinski definition) is 3. The summed E-state index contributed by atoms with van der Waals surface area (Å²) in [6.07, 6.45) is 1.79. The number of hydrogen-bond acceptors (Lipinski definition) is 3. The van der Waals surface area contributed by atoms with Gasteiger partial charge in [-0.15, -0.1) is 0 Å². The Kier molecular flexibility index (Phi) is 4.35. The van der Waals surface area contributed by atoms with Gasteiger partial charge in [0.1, 0.15) is 0 Å². The second-order valence-electron chi connectivity index (χ2n) is 4.17. The Morgan fingerprint density at radius 2 is 2.43 bits per heavy atom. The molecule has 3 atom stereocenters. The summed E-state index contributed by atoms with van der Waals surface area (Å²) in [4.78, 5) is 11.7. The quantitative estimate of drug-likeness (QED) is 0.595. The number of aliphatic hydroxyl groups is 1. The highest BCUT2D eigenvalue weighted by atomic mass is 16.3. The second kappa shape index (κ2) is 5.32. The molecule has 4 heteroatoms. The highest BCUT2D eigenvalue weighted by Crippen LogP contribution is 2.15. The number of piperidine rings is 1. The van der Waals surface area contributed by atoms with Gasteiger partial charge >= 0.3 is 0 Å². The number of amides is 1. The minimum atomic E-state index is -0.132. The maximum absolute atomic E-state index is 11.7. The summed E-state index contributed by atoms with van der Waals surface area (Å²) in [6.45, 7) is 4.82. The predicted molar refractivity (Wildman–Crippen MR) is 54.9 cm³/mol. The lowest BCUT2D eigenvalue weighted by atomic mass is 9.92. The lowest BCUT2D eigenvalue weighted by Crippen LogP contribution is -2.45. The van der Waals surface area contributed by atoms with Crippen molar-refractivity contribution in [2.75, 3.05) is 13.2 Å². The minimum absolute atomic E-state index is 0.00621. The molecule has 1 fully saturated rings. The van der Waals surface area contributed by atoms with E-state index in [1.54, 1.807) is 0 Å². The maximum Gasteiger partial charge on any atom is 0.223 e. The second-order valence-corrected chi connectivity index (χ2v) is 4.17. The van der Waals surface area contributed by atoms with Gasteiger partial charge in [-0.2, -0.15) is 0 Å². The summed E-state index contributed by atoms with van der Waals surface area (Å²) in [5.74, 6) is 0.195. The predicted octanol–water partition coefficient (Wildman–Crippen LogP) is -0.128. The molecule has 1 aliphatic heterocycles. The standard InChI is InChI=1S/C10H20N2O2/c1-7-5-9(3-4-11-7)10(14)12-8(2)6-13/h7-9,11,13H,3-6H2,1-2H3,(H,12,14)/t7?,8-,9?/m1/s1. The van der Waals surface area contributed by atoms with Crippen LogP contribution in [-0.2, 0) is 4.79 Å². The zero-order chi connectivity index (χ0) is 10.6. The Bertz CT molecular complexity index is 197. The van der Waals surface area contributed by atoms with Crippen LogP contribution < -0.4 is 10.6 Å². The Labute approximate surface area is 85.1 Å². The van der Waals surface area contributed by atoms with Gasteiger partial charge in [0.2, 0.25) is 5.91 Å². The van der Waals surface area contributed by atoms with Gasteiger partial charge in [-0.25, -0.2) is 0 Å². The molecule has 0 aromatic rings. The molecule has 14 heavy (non-hydrogen) atoms. The Morgan fingerprint density at radius 1 is 1.71 bits per heavy atom. The largest absolute Gasteiger partial charge is 0.394 e. The Hall–Kier alpha value is -0.610. The van der Waals surface area contributed by atoms with Gasteiger partial charge in [0.15, 0.2) is 0 Å². The summed E-state index contributed by atoms with van der Waals surface area (Å²) in [7, 11) is 0. The van der Waals surface area contributed by atoms with Gasteiger partial charge in [0.25, 0.3) is 0 Å². The normalized spacial score (nSPS) is 29.6. The number of aliphatic hydroxyl groups excluding tert-OH is 1. The van der Waals surface area contributed by atoms with E-state index in [0.717, 1.165) is 19.4 Å². The molecule has 0 radical (unpaired) electrons. The van der Waals surface area contributed by atoms with Crippen molar-refractivity contribution in [1.82, 2.24) is 10.6 Å². The number of carbonyl (C=O) groups excluding carboxylic acids is 1. The average Bonchev–Trinajstić information content (AvgIpc) is 2.17. The van der Waals surface area contributed by atoms with E-state index in [9.17, 15) is 4.79 Å². The molecule has 0 aromatic carbocycles. The van der Waals surface area contributed by atoms with Crippen LogP contribution in [0.3, 0.4) is 0 Å². The highest BCUT2D eigenvalue weighted by Gasteiger charge is 2.25. The molecule has 1 heterocycles. The van der Waals surface area contributed by atoms with Crippen LogP contribution in [-0.4, -0.2) is 36.2 Å². The van der Waals surface area contributed by atoms with Crippen molar-refractivity contribution >= 4 is 5.91 Å². The number of rotatable bonds is 3. The third-order valence-electron chi connectivity index (χ3n) is 2.66. The molecule has 82 valence electrons. The molecule has 1 saturated heterocycles. The molecule has 0 saturated carbocycles. The van der Waals surface area contributed by atoms with Crippen molar-refractivity contribution in [3.05, 3.63) is 0 Å².